The van der Waals surface area contributed by atoms with Gasteiger partial charge in [-0.3, -0.25) is 4.79 Å². The number of carbonyl (C=O) groups is 1. The minimum Gasteiger partial charge on any atom is -0.508 e. The third kappa shape index (κ3) is 2.98. The number of hydrogen-bond donors (Lipinski definition) is 2. The number of rotatable bonds is 3. The van der Waals surface area contributed by atoms with Crippen molar-refractivity contribution in [2.45, 2.75) is 26.3 Å². The van der Waals surface area contributed by atoms with Crippen molar-refractivity contribution < 1.29 is 9.90 Å². The summed E-state index contributed by atoms with van der Waals surface area (Å²) in [5, 5.41) is 13.1. The normalized spacial score (nSPS) is 11.2. The number of nitrogens with one attached hydrogen (secondary N) is 1. The van der Waals surface area contributed by atoms with Crippen molar-refractivity contribution in [2.24, 2.45) is 0 Å². The maximum absolute atomic E-state index is 11.9. The molecule has 0 radical (unpaired) electrons. The van der Waals surface area contributed by atoms with Gasteiger partial charge in [-0.05, 0) is 32.9 Å². The van der Waals surface area contributed by atoms with Crippen LogP contribution < -0.4 is 5.32 Å². The molecular weight excluding hydrogens is 270 g/mol. The molecule has 0 aliphatic rings. The molecule has 0 unspecified atom stereocenters. The summed E-state index contributed by atoms with van der Waals surface area (Å²) in [6.07, 6.45) is 0. The van der Waals surface area contributed by atoms with E-state index in [2.05, 4.69) is 21.2 Å². The lowest BCUT2D eigenvalue weighted by molar-refractivity contribution is 0.0920. The zero-order valence-corrected chi connectivity index (χ0v) is 11.3. The minimum absolute atomic E-state index is 0.143. The Balaban J connectivity index is 2.94. The molecule has 1 aromatic rings. The first-order valence-electron chi connectivity index (χ1n) is 5.04. The average Bonchev–Trinajstić information content (AvgIpc) is 2.21. The van der Waals surface area contributed by atoms with Gasteiger partial charge >= 0.3 is 0 Å². The Morgan fingerprint density at radius 3 is 2.69 bits per heavy atom. The molecule has 0 aromatic heterocycles. The van der Waals surface area contributed by atoms with Gasteiger partial charge in [0.1, 0.15) is 5.75 Å². The van der Waals surface area contributed by atoms with Crippen LogP contribution in [0.2, 0.25) is 0 Å². The maximum atomic E-state index is 11.9. The zero-order chi connectivity index (χ0) is 12.3. The highest BCUT2D eigenvalue weighted by Gasteiger charge is 2.21. The Bertz CT molecular complexity index is 402. The smallest absolute Gasteiger partial charge is 0.252 e. The lowest BCUT2D eigenvalue weighted by atomic mass is 10.0. The molecule has 0 atom stereocenters. The molecule has 0 heterocycles. The summed E-state index contributed by atoms with van der Waals surface area (Å²) in [5.41, 5.74) is 0.800. The lowest BCUT2D eigenvalue weighted by Crippen LogP contribution is -2.44. The molecule has 1 amide bonds. The minimum atomic E-state index is -0.311. The highest BCUT2D eigenvalue weighted by molar-refractivity contribution is 9.09. The molecule has 0 bridgehead atoms. The Kier molecular flexibility index (Phi) is 3.97. The molecule has 0 aliphatic carbocycles. The van der Waals surface area contributed by atoms with Gasteiger partial charge < -0.3 is 10.4 Å². The Morgan fingerprint density at radius 2 is 2.12 bits per heavy atom. The van der Waals surface area contributed by atoms with Crippen molar-refractivity contribution in [3.63, 3.8) is 0 Å². The van der Waals surface area contributed by atoms with Gasteiger partial charge in [0.05, 0.1) is 0 Å². The number of phenolic OH excluding ortho intramolecular Hbond substituents is 1. The number of alkyl halides is 1. The number of carbonyl (C=O) groups excluding carboxylic acids is 1. The predicted octanol–water partition coefficient (Wildman–Crippen LogP) is 2.60. The van der Waals surface area contributed by atoms with Crippen molar-refractivity contribution >= 4 is 21.8 Å². The number of aromatic hydroxyl groups is 1. The summed E-state index contributed by atoms with van der Waals surface area (Å²) in [4.78, 5) is 11.9. The molecule has 4 heteroatoms. The molecular formula is C12H16BrNO2. The summed E-state index contributed by atoms with van der Waals surface area (Å²) in [6, 6.07) is 4.94. The van der Waals surface area contributed by atoms with Crippen molar-refractivity contribution in [1.29, 1.82) is 0 Å². The van der Waals surface area contributed by atoms with Gasteiger partial charge in [0.25, 0.3) is 5.91 Å². The van der Waals surface area contributed by atoms with E-state index in [4.69, 9.17) is 0 Å². The van der Waals surface area contributed by atoms with Gasteiger partial charge in [-0.15, -0.1) is 0 Å². The molecule has 1 rings (SSSR count). The standard InChI is InChI=1S/C12H16BrNO2/c1-8-9(5-4-6-10(8)15)11(16)14-12(2,3)7-13/h4-6,15H,7H2,1-3H3,(H,14,16). The van der Waals surface area contributed by atoms with Crippen LogP contribution in [0.15, 0.2) is 18.2 Å². The highest BCUT2D eigenvalue weighted by atomic mass is 79.9. The molecule has 0 spiro atoms. The van der Waals surface area contributed by atoms with Gasteiger partial charge in [-0.1, -0.05) is 22.0 Å². The second-order valence-electron chi connectivity index (χ2n) is 4.42. The van der Waals surface area contributed by atoms with Crippen molar-refractivity contribution in [1.82, 2.24) is 5.32 Å². The third-order valence-corrected chi connectivity index (χ3v) is 3.74. The predicted molar refractivity (Wildman–Crippen MR) is 68.2 cm³/mol. The fourth-order valence-electron chi connectivity index (χ4n) is 1.28. The first-order valence-corrected chi connectivity index (χ1v) is 6.16. The number of benzene rings is 1. The first-order chi connectivity index (χ1) is 7.37. The second-order valence-corrected chi connectivity index (χ2v) is 4.98. The van der Waals surface area contributed by atoms with Crippen LogP contribution in [0.3, 0.4) is 0 Å². The molecule has 0 fully saturated rings. The van der Waals surface area contributed by atoms with Gasteiger partial charge in [0.15, 0.2) is 0 Å². The van der Waals surface area contributed by atoms with E-state index < -0.39 is 0 Å². The van der Waals surface area contributed by atoms with Crippen molar-refractivity contribution in [3.8, 4) is 5.75 Å². The summed E-state index contributed by atoms with van der Waals surface area (Å²) >= 11 is 3.34. The fraction of sp³-hybridized carbons (Fsp3) is 0.417. The van der Waals surface area contributed by atoms with E-state index in [1.807, 2.05) is 13.8 Å². The summed E-state index contributed by atoms with van der Waals surface area (Å²) in [5.74, 6) is -0.0258. The van der Waals surface area contributed by atoms with Crippen LogP contribution in [-0.2, 0) is 0 Å². The highest BCUT2D eigenvalue weighted by Crippen LogP contribution is 2.20. The molecule has 3 nitrogen and oxygen atoms in total. The number of amides is 1. The third-order valence-electron chi connectivity index (χ3n) is 2.34. The van der Waals surface area contributed by atoms with E-state index in [0.717, 1.165) is 0 Å². The fourth-order valence-corrected chi connectivity index (χ4v) is 1.42. The molecule has 0 saturated carbocycles. The number of phenols is 1. The van der Waals surface area contributed by atoms with E-state index in [9.17, 15) is 9.90 Å². The lowest BCUT2D eigenvalue weighted by Gasteiger charge is -2.24. The largest absolute Gasteiger partial charge is 0.508 e. The molecule has 16 heavy (non-hydrogen) atoms. The molecule has 0 saturated heterocycles. The molecule has 88 valence electrons. The van der Waals surface area contributed by atoms with Crippen LogP contribution in [0.1, 0.15) is 29.8 Å². The molecule has 1 aromatic carbocycles. The average molecular weight is 286 g/mol. The van der Waals surface area contributed by atoms with Crippen LogP contribution in [0, 0.1) is 6.92 Å². The van der Waals surface area contributed by atoms with Gasteiger partial charge in [0, 0.05) is 22.0 Å². The van der Waals surface area contributed by atoms with Crippen LogP contribution in [0.5, 0.6) is 5.75 Å². The SMILES string of the molecule is Cc1c(O)cccc1C(=O)NC(C)(C)CBr. The summed E-state index contributed by atoms with van der Waals surface area (Å²) < 4.78 is 0. The topological polar surface area (TPSA) is 49.3 Å². The molecule has 2 N–H and O–H groups in total. The van der Waals surface area contributed by atoms with E-state index in [1.54, 1.807) is 25.1 Å². The zero-order valence-electron chi connectivity index (χ0n) is 9.67. The summed E-state index contributed by atoms with van der Waals surface area (Å²) in [7, 11) is 0. The van der Waals surface area contributed by atoms with E-state index >= 15 is 0 Å². The Hall–Kier alpha value is -1.03. The van der Waals surface area contributed by atoms with Crippen molar-refractivity contribution in [2.75, 3.05) is 5.33 Å². The van der Waals surface area contributed by atoms with Gasteiger partial charge in [-0.2, -0.15) is 0 Å². The van der Waals surface area contributed by atoms with Gasteiger partial charge in [-0.25, -0.2) is 0 Å². The summed E-state index contributed by atoms with van der Waals surface area (Å²) in [6.45, 7) is 5.58. The van der Waals surface area contributed by atoms with E-state index in [0.29, 0.717) is 16.5 Å². The van der Waals surface area contributed by atoms with Gasteiger partial charge in [0.2, 0.25) is 0 Å². The monoisotopic (exact) mass is 285 g/mol. The van der Waals surface area contributed by atoms with E-state index in [-0.39, 0.29) is 17.2 Å². The molecule has 0 aliphatic heterocycles. The van der Waals surface area contributed by atoms with E-state index in [1.165, 1.54) is 0 Å². The second kappa shape index (κ2) is 4.87. The Morgan fingerprint density at radius 1 is 1.50 bits per heavy atom. The van der Waals surface area contributed by atoms with Crippen LogP contribution >= 0.6 is 15.9 Å². The van der Waals surface area contributed by atoms with Crippen molar-refractivity contribution in [3.05, 3.63) is 29.3 Å². The van der Waals surface area contributed by atoms with Crippen LogP contribution in [-0.4, -0.2) is 21.9 Å². The first kappa shape index (κ1) is 13.0. The number of hydrogen-bond acceptors (Lipinski definition) is 2. The maximum Gasteiger partial charge on any atom is 0.252 e. The van der Waals surface area contributed by atoms with Crippen LogP contribution in [0.25, 0.3) is 0 Å². The number of halogens is 1. The quantitative estimate of drug-likeness (QED) is 0.839. The van der Waals surface area contributed by atoms with Crippen LogP contribution in [0.4, 0.5) is 0 Å². The Labute approximate surface area is 104 Å².